The first-order chi connectivity index (χ1) is 11.4. The van der Waals surface area contributed by atoms with Gasteiger partial charge in [0.15, 0.2) is 0 Å². The first-order valence-corrected chi connectivity index (χ1v) is 8.61. The van der Waals surface area contributed by atoms with Crippen LogP contribution in [0.2, 0.25) is 5.02 Å². The number of nitrogens with zero attached hydrogens (tertiary/aromatic N) is 2. The fourth-order valence-electron chi connectivity index (χ4n) is 2.16. The van der Waals surface area contributed by atoms with E-state index in [-0.39, 0.29) is 0 Å². The Morgan fingerprint density at radius 2 is 2.00 bits per heavy atom. The van der Waals surface area contributed by atoms with Gasteiger partial charge in [-0.3, -0.25) is 0 Å². The highest BCUT2D eigenvalue weighted by Crippen LogP contribution is 2.35. The van der Waals surface area contributed by atoms with Crippen molar-refractivity contribution in [2.75, 3.05) is 13.6 Å². The van der Waals surface area contributed by atoms with Crippen LogP contribution >= 0.6 is 11.6 Å². The summed E-state index contributed by atoms with van der Waals surface area (Å²) >= 11 is 6.36. The predicted octanol–water partition coefficient (Wildman–Crippen LogP) is 6.18. The molecule has 0 saturated heterocycles. The molecule has 0 aliphatic heterocycles. The molecule has 128 valence electrons. The monoisotopic (exact) mass is 344 g/mol. The number of aryl methyl sites for hydroxylation is 1. The molecule has 0 fully saturated rings. The Bertz CT molecular complexity index is 726. The second-order valence-electron chi connectivity index (χ2n) is 6.22. The smallest absolute Gasteiger partial charge is 0.131 e. The van der Waals surface area contributed by atoms with Gasteiger partial charge >= 0.3 is 0 Å². The molecular formula is C20H25ClN2O. The second kappa shape index (κ2) is 8.20. The van der Waals surface area contributed by atoms with Gasteiger partial charge in [0.25, 0.3) is 0 Å². The lowest BCUT2D eigenvalue weighted by Crippen LogP contribution is -2.14. The van der Waals surface area contributed by atoms with Gasteiger partial charge in [-0.25, -0.2) is 4.99 Å². The molecule has 0 bridgehead atoms. The molecule has 0 amide bonds. The van der Waals surface area contributed by atoms with E-state index in [4.69, 9.17) is 16.3 Å². The number of rotatable bonds is 6. The number of benzene rings is 2. The average molecular weight is 345 g/mol. The minimum Gasteiger partial charge on any atom is -0.457 e. The van der Waals surface area contributed by atoms with E-state index in [2.05, 4.69) is 37.9 Å². The van der Waals surface area contributed by atoms with Crippen molar-refractivity contribution < 1.29 is 4.74 Å². The lowest BCUT2D eigenvalue weighted by molar-refractivity contribution is 0.478. The van der Waals surface area contributed by atoms with Gasteiger partial charge in [0.1, 0.15) is 11.5 Å². The van der Waals surface area contributed by atoms with Crippen molar-refractivity contribution in [1.82, 2.24) is 4.90 Å². The minimum absolute atomic E-state index is 0.463. The summed E-state index contributed by atoms with van der Waals surface area (Å²) in [6.07, 6.45) is 1.79. The van der Waals surface area contributed by atoms with Gasteiger partial charge in [0, 0.05) is 19.7 Å². The molecule has 2 aromatic carbocycles. The topological polar surface area (TPSA) is 24.8 Å². The zero-order valence-corrected chi connectivity index (χ0v) is 15.8. The fourth-order valence-corrected chi connectivity index (χ4v) is 2.37. The van der Waals surface area contributed by atoms with Gasteiger partial charge in [-0.2, -0.15) is 0 Å². The van der Waals surface area contributed by atoms with Crippen molar-refractivity contribution in [2.24, 2.45) is 4.99 Å². The van der Waals surface area contributed by atoms with Gasteiger partial charge < -0.3 is 9.64 Å². The highest BCUT2D eigenvalue weighted by molar-refractivity contribution is 6.33. The third-order valence-corrected chi connectivity index (χ3v) is 4.19. The molecule has 0 saturated carbocycles. The number of ether oxygens (including phenoxy) is 1. The zero-order valence-electron chi connectivity index (χ0n) is 15.0. The number of hydrogen-bond donors (Lipinski definition) is 0. The summed E-state index contributed by atoms with van der Waals surface area (Å²) in [6, 6.07) is 11.9. The molecule has 3 nitrogen and oxygen atoms in total. The average Bonchev–Trinajstić information content (AvgIpc) is 2.56. The molecule has 2 aromatic rings. The summed E-state index contributed by atoms with van der Waals surface area (Å²) in [7, 11) is 1.98. The third-order valence-electron chi connectivity index (χ3n) is 3.89. The van der Waals surface area contributed by atoms with Crippen LogP contribution in [-0.4, -0.2) is 24.8 Å². The lowest BCUT2D eigenvalue weighted by Gasteiger charge is -2.13. The maximum atomic E-state index is 6.36. The van der Waals surface area contributed by atoms with Crippen LogP contribution < -0.4 is 4.74 Å². The Hall–Kier alpha value is -2.00. The van der Waals surface area contributed by atoms with Crippen LogP contribution in [0.25, 0.3) is 0 Å². The summed E-state index contributed by atoms with van der Waals surface area (Å²) < 4.78 is 6.04. The molecule has 2 rings (SSSR count). The van der Waals surface area contributed by atoms with Crippen molar-refractivity contribution in [3.8, 4) is 11.5 Å². The molecule has 4 heteroatoms. The fraction of sp³-hybridized carbons (Fsp3) is 0.350. The highest BCUT2D eigenvalue weighted by Gasteiger charge is 2.09. The van der Waals surface area contributed by atoms with E-state index >= 15 is 0 Å². The highest BCUT2D eigenvalue weighted by atomic mass is 35.5. The largest absolute Gasteiger partial charge is 0.457 e. The van der Waals surface area contributed by atoms with Gasteiger partial charge in [-0.15, -0.1) is 0 Å². The van der Waals surface area contributed by atoms with E-state index in [0.29, 0.717) is 10.9 Å². The predicted molar refractivity (Wildman–Crippen MR) is 103 cm³/mol. The SMILES string of the molecule is CCN(C)/C=N\c1cc(C)c(Oc2cccc(C(C)C)c2)cc1Cl. The Kier molecular flexibility index (Phi) is 6.27. The maximum Gasteiger partial charge on any atom is 0.131 e. The Labute approximate surface area is 149 Å². The Balaban J connectivity index is 2.24. The molecule has 0 aromatic heterocycles. The summed E-state index contributed by atoms with van der Waals surface area (Å²) in [6.45, 7) is 9.30. The van der Waals surface area contributed by atoms with Crippen LogP contribution in [-0.2, 0) is 0 Å². The van der Waals surface area contributed by atoms with E-state index in [1.807, 2.05) is 43.1 Å². The van der Waals surface area contributed by atoms with E-state index < -0.39 is 0 Å². The Morgan fingerprint density at radius 3 is 2.67 bits per heavy atom. The van der Waals surface area contributed by atoms with Crippen LogP contribution in [0.5, 0.6) is 11.5 Å². The van der Waals surface area contributed by atoms with E-state index in [0.717, 1.165) is 29.3 Å². The van der Waals surface area contributed by atoms with E-state index in [1.54, 1.807) is 6.34 Å². The molecule has 0 radical (unpaired) electrons. The summed E-state index contributed by atoms with van der Waals surface area (Å²) in [4.78, 5) is 6.43. The van der Waals surface area contributed by atoms with Gasteiger partial charge in [0.2, 0.25) is 0 Å². The second-order valence-corrected chi connectivity index (χ2v) is 6.62. The normalized spacial score (nSPS) is 11.3. The van der Waals surface area contributed by atoms with Crippen molar-refractivity contribution >= 4 is 23.6 Å². The first-order valence-electron chi connectivity index (χ1n) is 8.23. The molecule has 0 aliphatic rings. The molecule has 24 heavy (non-hydrogen) atoms. The molecule has 0 aliphatic carbocycles. The molecule has 0 atom stereocenters. The molecule has 0 N–H and O–H groups in total. The number of aliphatic imine (C=N–C) groups is 1. The van der Waals surface area contributed by atoms with E-state index in [1.165, 1.54) is 5.56 Å². The molecule has 0 unspecified atom stereocenters. The maximum absolute atomic E-state index is 6.36. The van der Waals surface area contributed by atoms with Crippen LogP contribution in [0, 0.1) is 6.92 Å². The standard InChI is InChI=1S/C20H25ClN2O/c1-6-23(5)13-22-19-10-15(4)20(12-18(19)21)24-17-9-7-8-16(11-17)14(2)3/h7-14H,6H2,1-5H3/b22-13-. The molecular weight excluding hydrogens is 320 g/mol. The number of halogens is 1. The van der Waals surface area contributed by atoms with Gasteiger partial charge in [-0.1, -0.05) is 37.6 Å². The summed E-state index contributed by atoms with van der Waals surface area (Å²) in [5.41, 5.74) is 3.00. The van der Waals surface area contributed by atoms with Crippen molar-refractivity contribution in [1.29, 1.82) is 0 Å². The van der Waals surface area contributed by atoms with Crippen molar-refractivity contribution in [3.05, 3.63) is 52.5 Å². The quantitative estimate of drug-likeness (QED) is 0.462. The van der Waals surface area contributed by atoms with E-state index in [9.17, 15) is 0 Å². The Morgan fingerprint density at radius 1 is 1.25 bits per heavy atom. The van der Waals surface area contributed by atoms with Crippen LogP contribution in [0.4, 0.5) is 5.69 Å². The minimum atomic E-state index is 0.463. The summed E-state index contributed by atoms with van der Waals surface area (Å²) in [5.74, 6) is 2.04. The van der Waals surface area contributed by atoms with Crippen LogP contribution in [0.15, 0.2) is 41.4 Å². The van der Waals surface area contributed by atoms with Crippen LogP contribution in [0.1, 0.15) is 37.8 Å². The lowest BCUT2D eigenvalue weighted by atomic mass is 10.0. The molecule has 0 heterocycles. The molecule has 0 spiro atoms. The van der Waals surface area contributed by atoms with Gasteiger partial charge in [-0.05, 0) is 49.1 Å². The summed E-state index contributed by atoms with van der Waals surface area (Å²) in [5, 5.41) is 0.580. The van der Waals surface area contributed by atoms with Gasteiger partial charge in [0.05, 0.1) is 17.0 Å². The number of hydrogen-bond acceptors (Lipinski definition) is 2. The first kappa shape index (κ1) is 18.3. The van der Waals surface area contributed by atoms with Crippen LogP contribution in [0.3, 0.4) is 0 Å². The zero-order chi connectivity index (χ0) is 17.7. The van der Waals surface area contributed by atoms with Crippen molar-refractivity contribution in [3.63, 3.8) is 0 Å². The third kappa shape index (κ3) is 4.75. The van der Waals surface area contributed by atoms with Crippen molar-refractivity contribution in [2.45, 2.75) is 33.6 Å².